The highest BCUT2D eigenvalue weighted by Crippen LogP contribution is 2.14. The molecular weight excluding hydrogens is 226 g/mol. The van der Waals surface area contributed by atoms with E-state index in [1.807, 2.05) is 0 Å². The third-order valence-electron chi connectivity index (χ3n) is 3.45. The van der Waals surface area contributed by atoms with E-state index in [1.54, 1.807) is 6.20 Å². The maximum atomic E-state index is 5.67. The summed E-state index contributed by atoms with van der Waals surface area (Å²) in [6.07, 6.45) is 1.79. The minimum Gasteiger partial charge on any atom is -0.353 e. The Kier molecular flexibility index (Phi) is 4.49. The zero-order chi connectivity index (χ0) is 13.0. The number of nitrogens with two attached hydrogens (primary N) is 1. The quantitative estimate of drug-likeness (QED) is 0.842. The summed E-state index contributed by atoms with van der Waals surface area (Å²) in [5, 5.41) is 8.22. The van der Waals surface area contributed by atoms with E-state index in [0.29, 0.717) is 5.92 Å². The number of piperazine rings is 1. The van der Waals surface area contributed by atoms with Crippen molar-refractivity contribution in [1.82, 2.24) is 15.1 Å². The van der Waals surface area contributed by atoms with Gasteiger partial charge in [0.05, 0.1) is 6.20 Å². The predicted molar refractivity (Wildman–Crippen MR) is 73.6 cm³/mol. The van der Waals surface area contributed by atoms with Crippen LogP contribution in [-0.4, -0.2) is 54.4 Å². The predicted octanol–water partition coefficient (Wildman–Crippen LogP) is 0.502. The summed E-state index contributed by atoms with van der Waals surface area (Å²) in [6.45, 7) is 10.3. The van der Waals surface area contributed by atoms with Gasteiger partial charge >= 0.3 is 0 Å². The van der Waals surface area contributed by atoms with Crippen molar-refractivity contribution >= 4 is 5.82 Å². The molecule has 1 fully saturated rings. The Morgan fingerprint density at radius 2 is 2.06 bits per heavy atom. The average molecular weight is 249 g/mol. The second-order valence-corrected chi connectivity index (χ2v) is 5.22. The van der Waals surface area contributed by atoms with Crippen LogP contribution in [0.25, 0.3) is 0 Å². The molecule has 1 unspecified atom stereocenters. The number of rotatable bonds is 4. The molecule has 2 heterocycles. The molecule has 5 heteroatoms. The van der Waals surface area contributed by atoms with Crippen molar-refractivity contribution in [3.63, 3.8) is 0 Å². The normalized spacial score (nSPS) is 18.9. The average Bonchev–Trinajstić information content (AvgIpc) is 2.39. The first-order chi connectivity index (χ1) is 8.69. The summed E-state index contributed by atoms with van der Waals surface area (Å²) in [6, 6.07) is 2.10. The number of hydrogen-bond acceptors (Lipinski definition) is 5. The van der Waals surface area contributed by atoms with Gasteiger partial charge in [-0.1, -0.05) is 6.92 Å². The first kappa shape index (κ1) is 13.2. The monoisotopic (exact) mass is 249 g/mol. The summed E-state index contributed by atoms with van der Waals surface area (Å²) in [7, 11) is 0. The molecule has 1 aromatic rings. The molecule has 2 rings (SSSR count). The first-order valence-electron chi connectivity index (χ1n) is 6.65. The molecule has 0 saturated carbocycles. The molecule has 0 aromatic carbocycles. The van der Waals surface area contributed by atoms with Crippen LogP contribution in [0.15, 0.2) is 12.3 Å². The third-order valence-corrected chi connectivity index (χ3v) is 3.45. The molecule has 1 aliphatic rings. The van der Waals surface area contributed by atoms with Crippen molar-refractivity contribution in [3.05, 3.63) is 17.8 Å². The third kappa shape index (κ3) is 3.40. The molecule has 0 spiro atoms. The largest absolute Gasteiger partial charge is 0.353 e. The van der Waals surface area contributed by atoms with Gasteiger partial charge in [0.15, 0.2) is 5.82 Å². The van der Waals surface area contributed by atoms with Crippen molar-refractivity contribution in [2.45, 2.75) is 13.8 Å². The van der Waals surface area contributed by atoms with Crippen molar-refractivity contribution in [2.24, 2.45) is 11.7 Å². The molecular formula is C13H23N5. The smallest absolute Gasteiger partial charge is 0.151 e. The zero-order valence-electron chi connectivity index (χ0n) is 11.3. The van der Waals surface area contributed by atoms with E-state index in [-0.39, 0.29) is 0 Å². The van der Waals surface area contributed by atoms with Crippen LogP contribution in [0.4, 0.5) is 5.82 Å². The molecule has 5 nitrogen and oxygen atoms in total. The highest BCUT2D eigenvalue weighted by atomic mass is 15.3. The van der Waals surface area contributed by atoms with Crippen LogP contribution in [0.1, 0.15) is 12.5 Å². The fraction of sp³-hybridized carbons (Fsp3) is 0.692. The molecule has 0 aliphatic carbocycles. The molecule has 1 atom stereocenters. The van der Waals surface area contributed by atoms with E-state index in [4.69, 9.17) is 5.73 Å². The van der Waals surface area contributed by atoms with E-state index < -0.39 is 0 Å². The van der Waals surface area contributed by atoms with Gasteiger partial charge in [-0.15, -0.1) is 5.10 Å². The Morgan fingerprint density at radius 3 is 2.67 bits per heavy atom. The van der Waals surface area contributed by atoms with Crippen LogP contribution >= 0.6 is 0 Å². The maximum Gasteiger partial charge on any atom is 0.151 e. The van der Waals surface area contributed by atoms with Crippen LogP contribution in [0.2, 0.25) is 0 Å². The van der Waals surface area contributed by atoms with E-state index >= 15 is 0 Å². The Labute approximate surface area is 109 Å². The minimum atomic E-state index is 0.579. The van der Waals surface area contributed by atoms with Crippen molar-refractivity contribution in [3.8, 4) is 0 Å². The first-order valence-corrected chi connectivity index (χ1v) is 6.65. The van der Waals surface area contributed by atoms with E-state index in [2.05, 4.69) is 39.9 Å². The van der Waals surface area contributed by atoms with Gasteiger partial charge in [0.25, 0.3) is 0 Å². The number of aromatic nitrogens is 2. The molecule has 2 N–H and O–H groups in total. The van der Waals surface area contributed by atoms with Gasteiger partial charge in [-0.3, -0.25) is 4.90 Å². The van der Waals surface area contributed by atoms with Gasteiger partial charge in [-0.25, -0.2) is 0 Å². The molecule has 1 saturated heterocycles. The Morgan fingerprint density at radius 1 is 1.33 bits per heavy atom. The zero-order valence-corrected chi connectivity index (χ0v) is 11.3. The summed E-state index contributed by atoms with van der Waals surface area (Å²) < 4.78 is 0. The van der Waals surface area contributed by atoms with E-state index in [9.17, 15) is 0 Å². The summed E-state index contributed by atoms with van der Waals surface area (Å²) in [4.78, 5) is 4.79. The SMILES string of the molecule is Cc1cnnc(N2CCN(CC(C)CN)CC2)c1. The van der Waals surface area contributed by atoms with Gasteiger partial charge in [0.2, 0.25) is 0 Å². The van der Waals surface area contributed by atoms with Crippen molar-refractivity contribution in [1.29, 1.82) is 0 Å². The Hall–Kier alpha value is -1.20. The van der Waals surface area contributed by atoms with Gasteiger partial charge in [-0.2, -0.15) is 5.10 Å². The van der Waals surface area contributed by atoms with Crippen LogP contribution in [-0.2, 0) is 0 Å². The standard InChI is InChI=1S/C13H23N5/c1-11-7-13(16-15-9-11)18-5-3-17(4-6-18)10-12(2)8-14/h7,9,12H,3-6,8,10,14H2,1-2H3. The molecule has 0 amide bonds. The highest BCUT2D eigenvalue weighted by molar-refractivity contribution is 5.39. The lowest BCUT2D eigenvalue weighted by molar-refractivity contribution is 0.226. The molecule has 1 aliphatic heterocycles. The maximum absolute atomic E-state index is 5.67. The summed E-state index contributed by atoms with van der Waals surface area (Å²) in [5.74, 6) is 1.58. The summed E-state index contributed by atoms with van der Waals surface area (Å²) >= 11 is 0. The van der Waals surface area contributed by atoms with Crippen molar-refractivity contribution in [2.75, 3.05) is 44.2 Å². The van der Waals surface area contributed by atoms with Gasteiger partial charge < -0.3 is 10.6 Å². The van der Waals surface area contributed by atoms with Gasteiger partial charge in [0, 0.05) is 32.7 Å². The Bertz CT molecular complexity index is 373. The van der Waals surface area contributed by atoms with Crippen molar-refractivity contribution < 1.29 is 0 Å². The second kappa shape index (κ2) is 6.11. The van der Waals surface area contributed by atoms with E-state index in [0.717, 1.165) is 45.1 Å². The van der Waals surface area contributed by atoms with Crippen LogP contribution in [0, 0.1) is 12.8 Å². The lowest BCUT2D eigenvalue weighted by Gasteiger charge is -2.36. The summed E-state index contributed by atoms with van der Waals surface area (Å²) in [5.41, 5.74) is 6.83. The highest BCUT2D eigenvalue weighted by Gasteiger charge is 2.19. The lowest BCUT2D eigenvalue weighted by atomic mass is 10.1. The van der Waals surface area contributed by atoms with E-state index in [1.165, 1.54) is 5.56 Å². The molecule has 0 bridgehead atoms. The van der Waals surface area contributed by atoms with Gasteiger partial charge in [-0.05, 0) is 31.0 Å². The number of nitrogens with zero attached hydrogens (tertiary/aromatic N) is 4. The lowest BCUT2D eigenvalue weighted by Crippen LogP contribution is -2.48. The fourth-order valence-electron chi connectivity index (χ4n) is 2.28. The fourth-order valence-corrected chi connectivity index (χ4v) is 2.28. The number of aryl methyl sites for hydroxylation is 1. The number of hydrogen-bond donors (Lipinski definition) is 1. The molecule has 1 aromatic heterocycles. The topological polar surface area (TPSA) is 58.3 Å². The number of anilines is 1. The molecule has 100 valence electrons. The van der Waals surface area contributed by atoms with Crippen LogP contribution in [0.5, 0.6) is 0 Å². The van der Waals surface area contributed by atoms with Crippen LogP contribution < -0.4 is 10.6 Å². The molecule has 0 radical (unpaired) electrons. The van der Waals surface area contributed by atoms with Crippen LogP contribution in [0.3, 0.4) is 0 Å². The second-order valence-electron chi connectivity index (χ2n) is 5.22. The van der Waals surface area contributed by atoms with Gasteiger partial charge in [0.1, 0.15) is 0 Å². The Balaban J connectivity index is 1.87. The molecule has 18 heavy (non-hydrogen) atoms. The minimum absolute atomic E-state index is 0.579.